The van der Waals surface area contributed by atoms with Crippen molar-refractivity contribution in [1.29, 1.82) is 0 Å². The zero-order valence-corrected chi connectivity index (χ0v) is 9.48. The molecule has 0 bridgehead atoms. The second kappa shape index (κ2) is 3.66. The number of benzene rings is 1. The predicted molar refractivity (Wildman–Crippen MR) is 54.5 cm³/mol. The predicted octanol–water partition coefficient (Wildman–Crippen LogP) is 3.77. The number of ether oxygens (including phenoxy) is 1. The molecule has 0 saturated carbocycles. The van der Waals surface area contributed by atoms with Crippen LogP contribution in [0.25, 0.3) is 0 Å². The molecule has 0 saturated heterocycles. The van der Waals surface area contributed by atoms with Crippen LogP contribution in [-0.4, -0.2) is 5.60 Å². The van der Waals surface area contributed by atoms with Crippen molar-refractivity contribution in [1.82, 2.24) is 0 Å². The molecular weight excluding hydrogens is 235 g/mol. The average Bonchev–Trinajstić information content (AvgIpc) is 1.94. The van der Waals surface area contributed by atoms with Crippen LogP contribution in [0, 0.1) is 5.82 Å². The van der Waals surface area contributed by atoms with Gasteiger partial charge in [-0.25, -0.2) is 4.39 Å². The molecule has 0 unspecified atom stereocenters. The third-order valence-corrected chi connectivity index (χ3v) is 1.96. The van der Waals surface area contributed by atoms with E-state index in [1.54, 1.807) is 6.07 Å². The van der Waals surface area contributed by atoms with Gasteiger partial charge < -0.3 is 4.74 Å². The van der Waals surface area contributed by atoms with Crippen molar-refractivity contribution < 1.29 is 9.13 Å². The van der Waals surface area contributed by atoms with E-state index < -0.39 is 0 Å². The second-order valence-corrected chi connectivity index (χ2v) is 4.64. The summed E-state index contributed by atoms with van der Waals surface area (Å²) < 4.78 is 19.1. The summed E-state index contributed by atoms with van der Waals surface area (Å²) in [5, 5.41) is 0. The smallest absolute Gasteiger partial charge is 0.137 e. The third kappa shape index (κ3) is 3.35. The Morgan fingerprint density at radius 3 is 2.46 bits per heavy atom. The summed E-state index contributed by atoms with van der Waals surface area (Å²) in [6, 6.07) is 4.39. The monoisotopic (exact) mass is 246 g/mol. The highest BCUT2D eigenvalue weighted by atomic mass is 79.9. The molecule has 0 aliphatic rings. The van der Waals surface area contributed by atoms with E-state index in [0.717, 1.165) is 4.47 Å². The van der Waals surface area contributed by atoms with E-state index in [-0.39, 0.29) is 11.4 Å². The van der Waals surface area contributed by atoms with Gasteiger partial charge in [-0.05, 0) is 48.8 Å². The van der Waals surface area contributed by atoms with E-state index in [1.165, 1.54) is 12.1 Å². The van der Waals surface area contributed by atoms with Crippen LogP contribution in [0.3, 0.4) is 0 Å². The van der Waals surface area contributed by atoms with Gasteiger partial charge in [-0.1, -0.05) is 0 Å². The maximum atomic E-state index is 12.8. The summed E-state index contributed by atoms with van der Waals surface area (Å²) in [5.41, 5.74) is -0.309. The largest absolute Gasteiger partial charge is 0.487 e. The Balaban J connectivity index is 2.94. The van der Waals surface area contributed by atoms with Crippen molar-refractivity contribution in [3.63, 3.8) is 0 Å². The van der Waals surface area contributed by atoms with Gasteiger partial charge in [0, 0.05) is 6.07 Å². The van der Waals surface area contributed by atoms with Gasteiger partial charge in [-0.15, -0.1) is 0 Å². The molecule has 0 N–H and O–H groups in total. The maximum Gasteiger partial charge on any atom is 0.137 e. The Kier molecular flexibility index (Phi) is 2.96. The zero-order valence-electron chi connectivity index (χ0n) is 7.90. The van der Waals surface area contributed by atoms with Crippen LogP contribution in [0.2, 0.25) is 0 Å². The molecule has 0 atom stereocenters. The molecule has 1 rings (SSSR count). The molecule has 72 valence electrons. The lowest BCUT2D eigenvalue weighted by Gasteiger charge is -2.22. The fourth-order valence-electron chi connectivity index (χ4n) is 0.885. The molecular formula is C10H12BrFO. The molecule has 1 aromatic rings. The molecule has 3 heteroatoms. The minimum absolute atomic E-state index is 0.289. The molecule has 0 aliphatic heterocycles. The molecule has 13 heavy (non-hydrogen) atoms. The topological polar surface area (TPSA) is 9.23 Å². The van der Waals surface area contributed by atoms with Gasteiger partial charge in [0.15, 0.2) is 0 Å². The zero-order chi connectivity index (χ0) is 10.1. The van der Waals surface area contributed by atoms with Gasteiger partial charge in [0.1, 0.15) is 17.2 Å². The van der Waals surface area contributed by atoms with Crippen molar-refractivity contribution >= 4 is 15.9 Å². The Hall–Kier alpha value is -0.570. The lowest BCUT2D eigenvalue weighted by molar-refractivity contribution is 0.129. The van der Waals surface area contributed by atoms with E-state index in [4.69, 9.17) is 4.74 Å². The Morgan fingerprint density at radius 2 is 1.92 bits per heavy atom. The van der Waals surface area contributed by atoms with Crippen LogP contribution in [0.15, 0.2) is 22.7 Å². The summed E-state index contributed by atoms with van der Waals surface area (Å²) >= 11 is 3.29. The van der Waals surface area contributed by atoms with E-state index in [0.29, 0.717) is 5.75 Å². The number of rotatable bonds is 1. The summed E-state index contributed by atoms with van der Waals surface area (Å²) in [7, 11) is 0. The van der Waals surface area contributed by atoms with Crippen LogP contribution in [0.4, 0.5) is 4.39 Å². The van der Waals surface area contributed by atoms with Crippen molar-refractivity contribution in [3.05, 3.63) is 28.5 Å². The maximum absolute atomic E-state index is 12.8. The van der Waals surface area contributed by atoms with Gasteiger partial charge in [-0.2, -0.15) is 0 Å². The molecule has 0 aromatic heterocycles. The van der Waals surface area contributed by atoms with Crippen LogP contribution < -0.4 is 4.74 Å². The van der Waals surface area contributed by atoms with Gasteiger partial charge >= 0.3 is 0 Å². The Morgan fingerprint density at radius 1 is 1.31 bits per heavy atom. The van der Waals surface area contributed by atoms with Crippen molar-refractivity contribution in [3.8, 4) is 5.75 Å². The van der Waals surface area contributed by atoms with Gasteiger partial charge in [0.25, 0.3) is 0 Å². The van der Waals surface area contributed by atoms with E-state index in [9.17, 15) is 4.39 Å². The summed E-state index contributed by atoms with van der Waals surface area (Å²) in [4.78, 5) is 0. The van der Waals surface area contributed by atoms with Gasteiger partial charge in [0.05, 0.1) is 4.47 Å². The van der Waals surface area contributed by atoms with Crippen LogP contribution in [-0.2, 0) is 0 Å². The third-order valence-electron chi connectivity index (χ3n) is 1.31. The molecule has 1 aromatic carbocycles. The quantitative estimate of drug-likeness (QED) is 0.734. The number of halogens is 2. The first kappa shape index (κ1) is 10.5. The molecule has 0 radical (unpaired) electrons. The first-order valence-electron chi connectivity index (χ1n) is 4.02. The lowest BCUT2D eigenvalue weighted by Crippen LogP contribution is -2.23. The number of hydrogen-bond donors (Lipinski definition) is 0. The normalized spacial score (nSPS) is 11.5. The standard InChI is InChI=1S/C10H12BrFO/c1-10(2,3)13-9-6-7(12)4-5-8(9)11/h4-6H,1-3H3. The lowest BCUT2D eigenvalue weighted by atomic mass is 10.2. The van der Waals surface area contributed by atoms with Crippen molar-refractivity contribution in [2.24, 2.45) is 0 Å². The van der Waals surface area contributed by atoms with Crippen molar-refractivity contribution in [2.75, 3.05) is 0 Å². The molecule has 0 amide bonds. The minimum atomic E-state index is -0.309. The Bertz CT molecular complexity index is 304. The van der Waals surface area contributed by atoms with Gasteiger partial charge in [0.2, 0.25) is 0 Å². The molecule has 0 aliphatic carbocycles. The molecule has 0 spiro atoms. The van der Waals surface area contributed by atoms with Crippen molar-refractivity contribution in [2.45, 2.75) is 26.4 Å². The van der Waals surface area contributed by atoms with E-state index in [2.05, 4.69) is 15.9 Å². The summed E-state index contributed by atoms with van der Waals surface area (Å²) in [5.74, 6) is 0.245. The molecule has 0 heterocycles. The van der Waals surface area contributed by atoms with Crippen LogP contribution in [0.1, 0.15) is 20.8 Å². The highest BCUT2D eigenvalue weighted by Gasteiger charge is 2.14. The van der Waals surface area contributed by atoms with Gasteiger partial charge in [-0.3, -0.25) is 0 Å². The average molecular weight is 247 g/mol. The van der Waals surface area contributed by atoms with Crippen LogP contribution in [0.5, 0.6) is 5.75 Å². The SMILES string of the molecule is CC(C)(C)Oc1cc(F)ccc1Br. The summed E-state index contributed by atoms with van der Waals surface area (Å²) in [6.45, 7) is 5.76. The summed E-state index contributed by atoms with van der Waals surface area (Å²) in [6.07, 6.45) is 0. The minimum Gasteiger partial charge on any atom is -0.487 e. The Labute approximate surface area is 86.0 Å². The molecule has 1 nitrogen and oxygen atoms in total. The first-order valence-corrected chi connectivity index (χ1v) is 4.82. The molecule has 0 fully saturated rings. The highest BCUT2D eigenvalue weighted by Crippen LogP contribution is 2.28. The fraction of sp³-hybridized carbons (Fsp3) is 0.400. The fourth-order valence-corrected chi connectivity index (χ4v) is 1.21. The first-order chi connectivity index (χ1) is 5.88. The van der Waals surface area contributed by atoms with E-state index in [1.807, 2.05) is 20.8 Å². The van der Waals surface area contributed by atoms with Crippen LogP contribution >= 0.6 is 15.9 Å². The number of hydrogen-bond acceptors (Lipinski definition) is 1. The van der Waals surface area contributed by atoms with E-state index >= 15 is 0 Å². The second-order valence-electron chi connectivity index (χ2n) is 3.79. The highest BCUT2D eigenvalue weighted by molar-refractivity contribution is 9.10.